The molecule has 0 aromatic rings. The van der Waals surface area contributed by atoms with Crippen molar-refractivity contribution in [3.63, 3.8) is 0 Å². The maximum atomic E-state index is 8.81. The number of aliphatic hydroxyl groups excluding tert-OH is 1. The van der Waals surface area contributed by atoms with Crippen LogP contribution in [-0.2, 0) is 0 Å². The average Bonchev–Trinajstić information content (AvgIpc) is 1.84. The van der Waals surface area contributed by atoms with Crippen LogP contribution in [0.5, 0.6) is 0 Å². The molecular weight excluding hydrogens is 132 g/mol. The van der Waals surface area contributed by atoms with Gasteiger partial charge < -0.3 is 5.11 Å². The van der Waals surface area contributed by atoms with Gasteiger partial charge in [0, 0.05) is 12.4 Å². The Morgan fingerprint density at radius 3 is 2.33 bits per heavy atom. The van der Waals surface area contributed by atoms with Crippen LogP contribution in [0.15, 0.2) is 0 Å². The second-order valence-corrected chi connectivity index (χ2v) is 4.23. The standard InChI is InChI=1S/C7H16OS/c1-4-9-6-7(2,3)5-8/h8H,4-6H2,1-3H3. The van der Waals surface area contributed by atoms with E-state index in [9.17, 15) is 0 Å². The summed E-state index contributed by atoms with van der Waals surface area (Å²) in [4.78, 5) is 0. The van der Waals surface area contributed by atoms with Crippen molar-refractivity contribution in [3.8, 4) is 0 Å². The first kappa shape index (κ1) is 9.31. The molecule has 1 N–H and O–H groups in total. The molecule has 0 aromatic heterocycles. The Balaban J connectivity index is 3.33. The van der Waals surface area contributed by atoms with E-state index < -0.39 is 0 Å². The van der Waals surface area contributed by atoms with E-state index in [-0.39, 0.29) is 5.41 Å². The Morgan fingerprint density at radius 2 is 2.00 bits per heavy atom. The molecule has 0 unspecified atom stereocenters. The van der Waals surface area contributed by atoms with Crippen molar-refractivity contribution in [1.82, 2.24) is 0 Å². The van der Waals surface area contributed by atoms with Gasteiger partial charge in [0.2, 0.25) is 0 Å². The Labute approximate surface area is 61.8 Å². The molecule has 0 fully saturated rings. The Hall–Kier alpha value is 0.310. The third kappa shape index (κ3) is 4.79. The van der Waals surface area contributed by atoms with E-state index in [1.165, 1.54) is 0 Å². The van der Waals surface area contributed by atoms with Gasteiger partial charge in [-0.3, -0.25) is 0 Å². The van der Waals surface area contributed by atoms with Gasteiger partial charge in [-0.1, -0.05) is 20.8 Å². The molecule has 0 radical (unpaired) electrons. The van der Waals surface area contributed by atoms with E-state index in [4.69, 9.17) is 5.11 Å². The van der Waals surface area contributed by atoms with Crippen molar-refractivity contribution in [2.24, 2.45) is 5.41 Å². The van der Waals surface area contributed by atoms with Gasteiger partial charge in [-0.25, -0.2) is 0 Å². The molecule has 2 heteroatoms. The predicted molar refractivity (Wildman–Crippen MR) is 43.9 cm³/mol. The average molecular weight is 148 g/mol. The third-order valence-corrected chi connectivity index (χ3v) is 2.52. The molecule has 9 heavy (non-hydrogen) atoms. The van der Waals surface area contributed by atoms with E-state index in [0.29, 0.717) is 6.61 Å². The molecule has 0 aliphatic carbocycles. The number of thioether (sulfide) groups is 1. The molecule has 56 valence electrons. The lowest BCUT2D eigenvalue weighted by Crippen LogP contribution is -2.19. The van der Waals surface area contributed by atoms with Crippen LogP contribution in [0.1, 0.15) is 20.8 Å². The zero-order valence-electron chi connectivity index (χ0n) is 6.48. The van der Waals surface area contributed by atoms with Crippen LogP contribution in [0, 0.1) is 5.41 Å². The summed E-state index contributed by atoms with van der Waals surface area (Å²) in [5.41, 5.74) is 0.112. The van der Waals surface area contributed by atoms with Crippen molar-refractivity contribution in [2.75, 3.05) is 18.1 Å². The van der Waals surface area contributed by atoms with E-state index in [2.05, 4.69) is 20.8 Å². The van der Waals surface area contributed by atoms with Gasteiger partial charge in [-0.2, -0.15) is 11.8 Å². The number of hydrogen-bond donors (Lipinski definition) is 1. The first-order valence-corrected chi connectivity index (χ1v) is 4.46. The molecule has 0 atom stereocenters. The van der Waals surface area contributed by atoms with Crippen LogP contribution in [0.2, 0.25) is 0 Å². The normalized spacial score (nSPS) is 12.0. The molecule has 1 nitrogen and oxygen atoms in total. The molecule has 0 aliphatic rings. The van der Waals surface area contributed by atoms with Gasteiger partial charge in [0.05, 0.1) is 0 Å². The molecular formula is C7H16OS. The van der Waals surface area contributed by atoms with Gasteiger partial charge in [-0.15, -0.1) is 0 Å². The summed E-state index contributed by atoms with van der Waals surface area (Å²) in [7, 11) is 0. The van der Waals surface area contributed by atoms with Gasteiger partial charge in [0.1, 0.15) is 0 Å². The van der Waals surface area contributed by atoms with Crippen LogP contribution in [0.25, 0.3) is 0 Å². The maximum Gasteiger partial charge on any atom is 0.0490 e. The van der Waals surface area contributed by atoms with E-state index in [0.717, 1.165) is 11.5 Å². The van der Waals surface area contributed by atoms with Crippen molar-refractivity contribution in [2.45, 2.75) is 20.8 Å². The minimum atomic E-state index is 0.112. The first-order valence-electron chi connectivity index (χ1n) is 3.31. The second-order valence-electron chi connectivity index (χ2n) is 2.96. The fraction of sp³-hybridized carbons (Fsp3) is 1.00. The van der Waals surface area contributed by atoms with E-state index in [1.54, 1.807) is 0 Å². The topological polar surface area (TPSA) is 20.2 Å². The minimum absolute atomic E-state index is 0.112. The van der Waals surface area contributed by atoms with Crippen LogP contribution < -0.4 is 0 Å². The Kier molecular flexibility index (Phi) is 4.32. The fourth-order valence-corrected chi connectivity index (χ4v) is 1.27. The van der Waals surface area contributed by atoms with Crippen LogP contribution in [0.3, 0.4) is 0 Å². The van der Waals surface area contributed by atoms with E-state index >= 15 is 0 Å². The highest BCUT2D eigenvalue weighted by molar-refractivity contribution is 7.99. The zero-order valence-corrected chi connectivity index (χ0v) is 7.29. The third-order valence-electron chi connectivity index (χ3n) is 1.12. The molecule has 0 bridgehead atoms. The lowest BCUT2D eigenvalue weighted by atomic mass is 9.98. The summed E-state index contributed by atoms with van der Waals surface area (Å²) >= 11 is 1.88. The predicted octanol–water partition coefficient (Wildman–Crippen LogP) is 1.76. The fourth-order valence-electron chi connectivity index (χ4n) is 0.424. The number of rotatable bonds is 4. The molecule has 0 amide bonds. The molecule has 0 rings (SSSR count). The largest absolute Gasteiger partial charge is 0.396 e. The molecule has 0 heterocycles. The SMILES string of the molecule is CCSCC(C)(C)CO. The summed E-state index contributed by atoms with van der Waals surface area (Å²) in [6.45, 7) is 6.59. The maximum absolute atomic E-state index is 8.81. The van der Waals surface area contributed by atoms with Crippen LogP contribution in [-0.4, -0.2) is 23.2 Å². The minimum Gasteiger partial charge on any atom is -0.396 e. The lowest BCUT2D eigenvalue weighted by Gasteiger charge is -2.19. The highest BCUT2D eigenvalue weighted by Gasteiger charge is 2.14. The van der Waals surface area contributed by atoms with Crippen molar-refractivity contribution in [1.29, 1.82) is 0 Å². The molecule has 0 saturated heterocycles. The summed E-state index contributed by atoms with van der Waals surface area (Å²) in [6, 6.07) is 0. The summed E-state index contributed by atoms with van der Waals surface area (Å²) < 4.78 is 0. The lowest BCUT2D eigenvalue weighted by molar-refractivity contribution is 0.181. The highest BCUT2D eigenvalue weighted by Crippen LogP contribution is 2.19. The second kappa shape index (κ2) is 4.18. The Bertz CT molecular complexity index is 71.3. The quantitative estimate of drug-likeness (QED) is 0.655. The molecule has 0 aromatic carbocycles. The number of aliphatic hydroxyl groups is 1. The Morgan fingerprint density at radius 1 is 1.44 bits per heavy atom. The van der Waals surface area contributed by atoms with Crippen molar-refractivity contribution in [3.05, 3.63) is 0 Å². The van der Waals surface area contributed by atoms with E-state index in [1.807, 2.05) is 11.8 Å². The zero-order chi connectivity index (χ0) is 7.33. The van der Waals surface area contributed by atoms with Gasteiger partial charge in [0.25, 0.3) is 0 Å². The summed E-state index contributed by atoms with van der Waals surface area (Å²) in [5.74, 6) is 2.20. The van der Waals surface area contributed by atoms with Gasteiger partial charge in [-0.05, 0) is 11.2 Å². The molecule has 0 aliphatic heterocycles. The highest BCUT2D eigenvalue weighted by atomic mass is 32.2. The molecule has 0 saturated carbocycles. The summed E-state index contributed by atoms with van der Waals surface area (Å²) in [5, 5.41) is 8.81. The first-order chi connectivity index (χ1) is 4.12. The molecule has 0 spiro atoms. The number of hydrogen-bond acceptors (Lipinski definition) is 2. The monoisotopic (exact) mass is 148 g/mol. The smallest absolute Gasteiger partial charge is 0.0490 e. The van der Waals surface area contributed by atoms with Crippen LogP contribution in [0.4, 0.5) is 0 Å². The van der Waals surface area contributed by atoms with Crippen molar-refractivity contribution < 1.29 is 5.11 Å². The van der Waals surface area contributed by atoms with Gasteiger partial charge >= 0.3 is 0 Å². The summed E-state index contributed by atoms with van der Waals surface area (Å²) in [6.07, 6.45) is 0. The van der Waals surface area contributed by atoms with Crippen LogP contribution >= 0.6 is 11.8 Å². The van der Waals surface area contributed by atoms with Gasteiger partial charge in [0.15, 0.2) is 0 Å². The van der Waals surface area contributed by atoms with Crippen molar-refractivity contribution >= 4 is 11.8 Å².